The molecule has 0 aromatic carbocycles. The van der Waals surface area contributed by atoms with Gasteiger partial charge in [0, 0.05) is 39.3 Å². The van der Waals surface area contributed by atoms with E-state index in [0.717, 1.165) is 44.5 Å². The molecule has 1 saturated carbocycles. The van der Waals surface area contributed by atoms with Crippen LogP contribution >= 0.6 is 0 Å². The molecule has 3 amide bonds. The van der Waals surface area contributed by atoms with Crippen LogP contribution in [-0.2, 0) is 4.79 Å². The van der Waals surface area contributed by atoms with Crippen LogP contribution in [0.1, 0.15) is 39.0 Å². The summed E-state index contributed by atoms with van der Waals surface area (Å²) in [5.74, 6) is 1.62. The Bertz CT molecular complexity index is 626. The lowest BCUT2D eigenvalue weighted by atomic mass is 9.79. The highest BCUT2D eigenvalue weighted by Gasteiger charge is 2.48. The molecule has 3 N–H and O–H groups in total. The van der Waals surface area contributed by atoms with E-state index in [1.807, 2.05) is 14.0 Å². The summed E-state index contributed by atoms with van der Waals surface area (Å²) in [5.41, 5.74) is -0.782. The number of likely N-dealkylation sites (tertiary alicyclic amines) is 2. The van der Waals surface area contributed by atoms with E-state index < -0.39 is 5.54 Å². The Balaban J connectivity index is 1.25. The Kier molecular flexibility index (Phi) is 5.01. The van der Waals surface area contributed by atoms with Gasteiger partial charge < -0.3 is 20.4 Å². The Morgan fingerprint density at radius 3 is 2.52 bits per heavy atom. The van der Waals surface area contributed by atoms with Gasteiger partial charge in [-0.05, 0) is 57.4 Å². The Morgan fingerprint density at radius 2 is 1.93 bits per heavy atom. The molecule has 0 spiro atoms. The zero-order valence-electron chi connectivity index (χ0n) is 16.5. The summed E-state index contributed by atoms with van der Waals surface area (Å²) < 4.78 is 0. The molecule has 8 heteroatoms. The topological polar surface area (TPSA) is 89.1 Å². The fourth-order valence-corrected chi connectivity index (χ4v) is 4.88. The second kappa shape index (κ2) is 7.30. The molecule has 150 valence electrons. The van der Waals surface area contributed by atoms with Crippen molar-refractivity contribution < 1.29 is 9.59 Å². The van der Waals surface area contributed by atoms with Crippen molar-refractivity contribution in [2.24, 2.45) is 16.8 Å². The number of hydrogen-bond acceptors (Lipinski definition) is 4. The number of rotatable bonds is 4. The molecule has 3 heterocycles. The van der Waals surface area contributed by atoms with Gasteiger partial charge in [-0.25, -0.2) is 4.79 Å². The summed E-state index contributed by atoms with van der Waals surface area (Å²) in [6.45, 7) is 6.97. The average molecular weight is 377 g/mol. The molecule has 27 heavy (non-hydrogen) atoms. The van der Waals surface area contributed by atoms with Crippen molar-refractivity contribution in [1.29, 1.82) is 0 Å². The van der Waals surface area contributed by atoms with E-state index in [-0.39, 0.29) is 17.9 Å². The van der Waals surface area contributed by atoms with Gasteiger partial charge >= 0.3 is 6.03 Å². The van der Waals surface area contributed by atoms with Crippen LogP contribution < -0.4 is 16.0 Å². The molecule has 0 aromatic rings. The molecule has 2 unspecified atom stereocenters. The van der Waals surface area contributed by atoms with Crippen LogP contribution in [0.15, 0.2) is 4.99 Å². The fraction of sp³-hybridized carbons (Fsp3) is 0.842. The highest BCUT2D eigenvalue weighted by molar-refractivity contribution is 6.07. The lowest BCUT2D eigenvalue weighted by molar-refractivity contribution is -0.125. The largest absolute Gasteiger partial charge is 0.356 e. The molecule has 4 rings (SSSR count). The van der Waals surface area contributed by atoms with Gasteiger partial charge in [-0.2, -0.15) is 0 Å². The molecule has 2 atom stereocenters. The number of guanidine groups is 1. The number of urea groups is 1. The van der Waals surface area contributed by atoms with Crippen LogP contribution in [0.5, 0.6) is 0 Å². The molecule has 3 saturated heterocycles. The van der Waals surface area contributed by atoms with Gasteiger partial charge in [0.15, 0.2) is 5.96 Å². The van der Waals surface area contributed by atoms with E-state index in [1.165, 1.54) is 32.4 Å². The summed E-state index contributed by atoms with van der Waals surface area (Å²) in [6.07, 6.45) is 5.77. The Morgan fingerprint density at radius 1 is 1.19 bits per heavy atom. The van der Waals surface area contributed by atoms with Crippen molar-refractivity contribution in [3.63, 3.8) is 0 Å². The third-order valence-electron chi connectivity index (χ3n) is 6.82. The summed E-state index contributed by atoms with van der Waals surface area (Å²) >= 11 is 0. The first kappa shape index (κ1) is 18.5. The lowest BCUT2D eigenvalue weighted by Crippen LogP contribution is -2.55. The lowest BCUT2D eigenvalue weighted by Gasteiger charge is -2.39. The molecular formula is C19H32N6O2. The van der Waals surface area contributed by atoms with Crippen LogP contribution in [0, 0.1) is 11.8 Å². The van der Waals surface area contributed by atoms with Gasteiger partial charge in [0.1, 0.15) is 5.54 Å². The summed E-state index contributed by atoms with van der Waals surface area (Å²) in [4.78, 5) is 33.1. The van der Waals surface area contributed by atoms with Crippen molar-refractivity contribution in [2.45, 2.75) is 50.6 Å². The van der Waals surface area contributed by atoms with Crippen LogP contribution in [0.3, 0.4) is 0 Å². The van der Waals surface area contributed by atoms with Crippen molar-refractivity contribution >= 4 is 17.9 Å². The minimum atomic E-state index is -0.782. The summed E-state index contributed by atoms with van der Waals surface area (Å²) in [5, 5.41) is 8.77. The van der Waals surface area contributed by atoms with Gasteiger partial charge in [0.25, 0.3) is 5.91 Å². The van der Waals surface area contributed by atoms with Gasteiger partial charge in [0.2, 0.25) is 0 Å². The van der Waals surface area contributed by atoms with Crippen LogP contribution in [0.2, 0.25) is 0 Å². The van der Waals surface area contributed by atoms with E-state index >= 15 is 0 Å². The fourth-order valence-electron chi connectivity index (χ4n) is 4.88. The first-order chi connectivity index (χ1) is 13.0. The van der Waals surface area contributed by atoms with Gasteiger partial charge in [-0.3, -0.25) is 15.1 Å². The first-order valence-corrected chi connectivity index (χ1v) is 10.3. The van der Waals surface area contributed by atoms with E-state index in [2.05, 4.69) is 30.7 Å². The monoisotopic (exact) mass is 376 g/mol. The normalized spacial score (nSPS) is 33.3. The predicted molar refractivity (Wildman–Crippen MR) is 103 cm³/mol. The molecule has 4 aliphatic rings. The molecule has 8 nitrogen and oxygen atoms in total. The van der Waals surface area contributed by atoms with E-state index in [9.17, 15) is 9.59 Å². The molecule has 3 aliphatic heterocycles. The van der Waals surface area contributed by atoms with Crippen LogP contribution in [0.4, 0.5) is 4.79 Å². The van der Waals surface area contributed by atoms with Crippen molar-refractivity contribution in [1.82, 2.24) is 25.8 Å². The van der Waals surface area contributed by atoms with Crippen LogP contribution in [-0.4, -0.2) is 79.0 Å². The molecular weight excluding hydrogens is 344 g/mol. The second-order valence-corrected chi connectivity index (χ2v) is 8.68. The number of carbonyl (C=O) groups is 2. The molecule has 0 radical (unpaired) electrons. The Hall–Kier alpha value is -1.83. The third-order valence-corrected chi connectivity index (χ3v) is 6.82. The number of amides is 3. The maximum atomic E-state index is 12.2. The average Bonchev–Trinajstić information content (AvgIpc) is 3.34. The number of carbonyl (C=O) groups excluding carboxylic acids is 2. The zero-order valence-corrected chi connectivity index (χ0v) is 16.5. The number of aliphatic imine (C=N–C) groups is 1. The van der Waals surface area contributed by atoms with Crippen molar-refractivity contribution in [3.05, 3.63) is 0 Å². The number of piperidine rings is 1. The van der Waals surface area contributed by atoms with Crippen molar-refractivity contribution in [2.75, 3.05) is 39.8 Å². The van der Waals surface area contributed by atoms with E-state index in [1.54, 1.807) is 0 Å². The second-order valence-electron chi connectivity index (χ2n) is 8.68. The molecule has 0 aromatic heterocycles. The predicted octanol–water partition coefficient (Wildman–Crippen LogP) is 0.356. The maximum Gasteiger partial charge on any atom is 0.322 e. The third kappa shape index (κ3) is 3.77. The summed E-state index contributed by atoms with van der Waals surface area (Å²) in [7, 11) is 1.84. The minimum Gasteiger partial charge on any atom is -0.356 e. The zero-order chi connectivity index (χ0) is 19.0. The molecule has 0 bridgehead atoms. The maximum absolute atomic E-state index is 12.2. The van der Waals surface area contributed by atoms with Crippen LogP contribution in [0.25, 0.3) is 0 Å². The highest BCUT2D eigenvalue weighted by atomic mass is 16.2. The quantitative estimate of drug-likeness (QED) is 0.374. The molecule has 4 fully saturated rings. The SMILES string of the molecule is CN=C(NCC1CCN(C2CC2)C1)N1CCC(C2(C)NC(=O)NC2=O)CC1. The number of imide groups is 1. The smallest absolute Gasteiger partial charge is 0.322 e. The van der Waals surface area contributed by atoms with Crippen molar-refractivity contribution in [3.8, 4) is 0 Å². The van der Waals surface area contributed by atoms with Gasteiger partial charge in [-0.1, -0.05) is 0 Å². The molecule has 1 aliphatic carbocycles. The minimum absolute atomic E-state index is 0.153. The van der Waals surface area contributed by atoms with Gasteiger partial charge in [-0.15, -0.1) is 0 Å². The summed E-state index contributed by atoms with van der Waals surface area (Å²) in [6, 6.07) is 0.488. The van der Waals surface area contributed by atoms with Gasteiger partial charge in [0.05, 0.1) is 0 Å². The number of hydrogen-bond donors (Lipinski definition) is 3. The number of nitrogens with zero attached hydrogens (tertiary/aromatic N) is 3. The van der Waals surface area contributed by atoms with E-state index in [4.69, 9.17) is 0 Å². The van der Waals surface area contributed by atoms with E-state index in [0.29, 0.717) is 5.92 Å². The standard InChI is InChI=1S/C19H32N6O2/c1-19(16(26)22-18(27)23-19)14-6-9-24(10-7-14)17(20-2)21-11-13-5-8-25(12-13)15-3-4-15/h13-15H,3-12H2,1-2H3,(H,20,21)(H2,22,23,26,27). The number of nitrogens with one attached hydrogen (secondary N) is 3. The highest BCUT2D eigenvalue weighted by Crippen LogP contribution is 2.32. The Labute approximate surface area is 161 Å². The first-order valence-electron chi connectivity index (χ1n) is 10.3.